The number of hydrogen-bond donors (Lipinski definition) is 1. The second kappa shape index (κ2) is 7.76. The molecule has 2 rings (SSSR count). The first-order chi connectivity index (χ1) is 10.2. The maximum atomic E-state index is 13.4. The number of halogens is 1. The van der Waals surface area contributed by atoms with Crippen LogP contribution in [0.1, 0.15) is 24.1 Å². The molecule has 0 radical (unpaired) electrons. The highest BCUT2D eigenvalue weighted by Gasteiger charge is 2.07. The van der Waals surface area contributed by atoms with Crippen molar-refractivity contribution in [1.82, 2.24) is 0 Å². The van der Waals surface area contributed by atoms with Crippen LogP contribution in [-0.2, 0) is 11.3 Å². The van der Waals surface area contributed by atoms with Crippen molar-refractivity contribution < 1.29 is 13.9 Å². The standard InChI is InChI=1S/C17H20FNO2/c1-2-21-15-9-7-13(8-10-15)17(19)12-20-11-14-5-3-4-6-16(14)18/h3-10,17H,2,11-12,19H2,1H3. The SMILES string of the molecule is CCOc1ccc(C(N)COCc2ccccc2F)cc1. The lowest BCUT2D eigenvalue weighted by Crippen LogP contribution is -2.17. The zero-order valence-corrected chi connectivity index (χ0v) is 12.1. The molecule has 21 heavy (non-hydrogen) atoms. The maximum absolute atomic E-state index is 13.4. The van der Waals surface area contributed by atoms with Gasteiger partial charge in [0.15, 0.2) is 0 Å². The molecule has 0 amide bonds. The van der Waals surface area contributed by atoms with E-state index in [2.05, 4.69) is 0 Å². The predicted octanol–water partition coefficient (Wildman–Crippen LogP) is 3.44. The lowest BCUT2D eigenvalue weighted by atomic mass is 10.1. The van der Waals surface area contributed by atoms with Crippen molar-refractivity contribution in [3.8, 4) is 5.75 Å². The van der Waals surface area contributed by atoms with Crippen LogP contribution in [0.25, 0.3) is 0 Å². The van der Waals surface area contributed by atoms with Crippen LogP contribution >= 0.6 is 0 Å². The summed E-state index contributed by atoms with van der Waals surface area (Å²) in [6.07, 6.45) is 0. The summed E-state index contributed by atoms with van der Waals surface area (Å²) >= 11 is 0. The highest BCUT2D eigenvalue weighted by molar-refractivity contribution is 5.29. The Morgan fingerprint density at radius 3 is 2.48 bits per heavy atom. The third kappa shape index (κ3) is 4.55. The van der Waals surface area contributed by atoms with Gasteiger partial charge in [-0.1, -0.05) is 30.3 Å². The van der Waals surface area contributed by atoms with E-state index in [0.29, 0.717) is 18.8 Å². The summed E-state index contributed by atoms with van der Waals surface area (Å²) in [5, 5.41) is 0. The molecule has 1 atom stereocenters. The average molecular weight is 289 g/mol. The Hall–Kier alpha value is -1.91. The summed E-state index contributed by atoms with van der Waals surface area (Å²) < 4.78 is 24.3. The van der Waals surface area contributed by atoms with Crippen molar-refractivity contribution in [3.63, 3.8) is 0 Å². The van der Waals surface area contributed by atoms with Gasteiger partial charge in [0.2, 0.25) is 0 Å². The molecule has 4 heteroatoms. The molecule has 0 saturated heterocycles. The van der Waals surface area contributed by atoms with Gasteiger partial charge < -0.3 is 15.2 Å². The van der Waals surface area contributed by atoms with Gasteiger partial charge in [-0.2, -0.15) is 0 Å². The van der Waals surface area contributed by atoms with E-state index in [-0.39, 0.29) is 18.5 Å². The first-order valence-corrected chi connectivity index (χ1v) is 7.00. The lowest BCUT2D eigenvalue weighted by Gasteiger charge is -2.13. The number of hydrogen-bond acceptors (Lipinski definition) is 3. The molecule has 2 N–H and O–H groups in total. The Balaban J connectivity index is 1.84. The number of nitrogens with two attached hydrogens (primary N) is 1. The molecule has 0 spiro atoms. The minimum absolute atomic E-state index is 0.220. The Labute approximate surface area is 124 Å². The van der Waals surface area contributed by atoms with E-state index in [9.17, 15) is 4.39 Å². The van der Waals surface area contributed by atoms with Gasteiger partial charge in [0.1, 0.15) is 11.6 Å². The van der Waals surface area contributed by atoms with Crippen LogP contribution < -0.4 is 10.5 Å². The molecule has 1 unspecified atom stereocenters. The Morgan fingerprint density at radius 2 is 1.81 bits per heavy atom. The van der Waals surface area contributed by atoms with Crippen molar-refractivity contribution in [2.75, 3.05) is 13.2 Å². The minimum Gasteiger partial charge on any atom is -0.494 e. The number of rotatable bonds is 7. The first kappa shape index (κ1) is 15.5. The van der Waals surface area contributed by atoms with Gasteiger partial charge >= 0.3 is 0 Å². The monoisotopic (exact) mass is 289 g/mol. The van der Waals surface area contributed by atoms with Gasteiger partial charge in [0.05, 0.1) is 25.9 Å². The summed E-state index contributed by atoms with van der Waals surface area (Å²) in [6.45, 7) is 3.13. The van der Waals surface area contributed by atoms with E-state index in [1.165, 1.54) is 6.07 Å². The average Bonchev–Trinajstić information content (AvgIpc) is 2.50. The molecule has 112 valence electrons. The van der Waals surface area contributed by atoms with Crippen molar-refractivity contribution in [2.24, 2.45) is 5.73 Å². The normalized spacial score (nSPS) is 12.1. The molecule has 0 aromatic heterocycles. The van der Waals surface area contributed by atoms with E-state index in [4.69, 9.17) is 15.2 Å². The third-order valence-corrected chi connectivity index (χ3v) is 3.13. The zero-order chi connectivity index (χ0) is 15.1. The summed E-state index contributed by atoms with van der Waals surface area (Å²) in [5.41, 5.74) is 7.56. The predicted molar refractivity (Wildman–Crippen MR) is 80.6 cm³/mol. The van der Waals surface area contributed by atoms with Crippen LogP contribution in [0.5, 0.6) is 5.75 Å². The van der Waals surface area contributed by atoms with Gasteiger partial charge in [0.25, 0.3) is 0 Å². The molecule has 2 aromatic carbocycles. The first-order valence-electron chi connectivity index (χ1n) is 7.00. The van der Waals surface area contributed by atoms with E-state index in [1.54, 1.807) is 18.2 Å². The van der Waals surface area contributed by atoms with Gasteiger partial charge in [-0.05, 0) is 30.7 Å². The zero-order valence-electron chi connectivity index (χ0n) is 12.1. The van der Waals surface area contributed by atoms with Crippen LogP contribution in [0.4, 0.5) is 4.39 Å². The van der Waals surface area contributed by atoms with E-state index < -0.39 is 0 Å². The largest absolute Gasteiger partial charge is 0.494 e. The van der Waals surface area contributed by atoms with Crippen molar-refractivity contribution in [2.45, 2.75) is 19.6 Å². The molecule has 0 heterocycles. The Kier molecular flexibility index (Phi) is 5.72. The molecule has 0 bridgehead atoms. The summed E-state index contributed by atoms with van der Waals surface area (Å²) in [6, 6.07) is 13.9. The molecule has 0 aliphatic heterocycles. The van der Waals surface area contributed by atoms with E-state index in [1.807, 2.05) is 31.2 Å². The Morgan fingerprint density at radius 1 is 1.10 bits per heavy atom. The number of ether oxygens (including phenoxy) is 2. The van der Waals surface area contributed by atoms with Crippen LogP contribution in [0, 0.1) is 5.82 Å². The second-order valence-corrected chi connectivity index (χ2v) is 4.72. The highest BCUT2D eigenvalue weighted by Crippen LogP contribution is 2.17. The fourth-order valence-electron chi connectivity index (χ4n) is 1.99. The molecule has 0 aliphatic rings. The fraction of sp³-hybridized carbons (Fsp3) is 0.294. The van der Waals surface area contributed by atoms with E-state index in [0.717, 1.165) is 11.3 Å². The van der Waals surface area contributed by atoms with Crippen molar-refractivity contribution >= 4 is 0 Å². The Bertz CT molecular complexity index is 557. The molecule has 0 fully saturated rings. The minimum atomic E-state index is -0.257. The van der Waals surface area contributed by atoms with Crippen LogP contribution in [0.15, 0.2) is 48.5 Å². The molecular formula is C17H20FNO2. The summed E-state index contributed by atoms with van der Waals surface area (Å²) in [5.74, 6) is 0.563. The quantitative estimate of drug-likeness (QED) is 0.849. The maximum Gasteiger partial charge on any atom is 0.128 e. The summed E-state index contributed by atoms with van der Waals surface area (Å²) in [7, 11) is 0. The molecular weight excluding hydrogens is 269 g/mol. The highest BCUT2D eigenvalue weighted by atomic mass is 19.1. The molecule has 3 nitrogen and oxygen atoms in total. The molecule has 0 saturated carbocycles. The van der Waals surface area contributed by atoms with Crippen LogP contribution in [0.3, 0.4) is 0 Å². The van der Waals surface area contributed by atoms with Gasteiger partial charge in [0, 0.05) is 5.56 Å². The topological polar surface area (TPSA) is 44.5 Å². The third-order valence-electron chi connectivity index (χ3n) is 3.13. The molecule has 0 aliphatic carbocycles. The smallest absolute Gasteiger partial charge is 0.128 e. The molecule has 2 aromatic rings. The summed E-state index contributed by atoms with van der Waals surface area (Å²) in [4.78, 5) is 0. The van der Waals surface area contributed by atoms with E-state index >= 15 is 0 Å². The number of benzene rings is 2. The van der Waals surface area contributed by atoms with Crippen molar-refractivity contribution in [3.05, 3.63) is 65.5 Å². The van der Waals surface area contributed by atoms with Crippen LogP contribution in [0.2, 0.25) is 0 Å². The second-order valence-electron chi connectivity index (χ2n) is 4.72. The van der Waals surface area contributed by atoms with Crippen LogP contribution in [-0.4, -0.2) is 13.2 Å². The van der Waals surface area contributed by atoms with Gasteiger partial charge in [-0.25, -0.2) is 4.39 Å². The van der Waals surface area contributed by atoms with Gasteiger partial charge in [-0.3, -0.25) is 0 Å². The fourth-order valence-corrected chi connectivity index (χ4v) is 1.99. The lowest BCUT2D eigenvalue weighted by molar-refractivity contribution is 0.106. The van der Waals surface area contributed by atoms with Crippen molar-refractivity contribution in [1.29, 1.82) is 0 Å². The van der Waals surface area contributed by atoms with Gasteiger partial charge in [-0.15, -0.1) is 0 Å².